The minimum atomic E-state index is -1.10. The van der Waals surface area contributed by atoms with Crippen LogP contribution in [0, 0.1) is 11.6 Å². The normalized spacial score (nSPS) is 17.1. The summed E-state index contributed by atoms with van der Waals surface area (Å²) in [6.07, 6.45) is 2.19. The van der Waals surface area contributed by atoms with Gasteiger partial charge in [0.05, 0.1) is 0 Å². The van der Waals surface area contributed by atoms with Crippen molar-refractivity contribution in [2.45, 2.75) is 25.8 Å². The van der Waals surface area contributed by atoms with E-state index in [4.69, 9.17) is 0 Å². The van der Waals surface area contributed by atoms with Gasteiger partial charge in [-0.1, -0.05) is 6.92 Å². The molecule has 1 aliphatic rings. The number of carbonyl (C=O) groups excluding carboxylic acids is 2. The van der Waals surface area contributed by atoms with Crippen LogP contribution in [0.15, 0.2) is 23.6 Å². The topological polar surface area (TPSA) is 74.3 Å². The average molecular weight is 394 g/mol. The van der Waals surface area contributed by atoms with Crippen molar-refractivity contribution in [3.8, 4) is 0 Å². The zero-order chi connectivity index (χ0) is 19.4. The van der Waals surface area contributed by atoms with E-state index in [1.165, 1.54) is 6.07 Å². The molecule has 0 radical (unpaired) electrons. The van der Waals surface area contributed by atoms with E-state index >= 15 is 0 Å². The third-order valence-corrected chi connectivity index (χ3v) is 5.30. The maximum atomic E-state index is 13.2. The first-order valence-corrected chi connectivity index (χ1v) is 9.60. The molecule has 27 heavy (non-hydrogen) atoms. The Morgan fingerprint density at radius 1 is 1.30 bits per heavy atom. The lowest BCUT2D eigenvalue weighted by Crippen LogP contribution is -2.40. The van der Waals surface area contributed by atoms with E-state index in [0.717, 1.165) is 49.4 Å². The number of anilines is 1. The van der Waals surface area contributed by atoms with Gasteiger partial charge in [0.15, 0.2) is 16.8 Å². The Kier molecular flexibility index (Phi) is 6.12. The molecule has 0 aliphatic carbocycles. The Morgan fingerprint density at radius 2 is 2.11 bits per heavy atom. The number of hydrogen-bond acceptors (Lipinski definition) is 5. The summed E-state index contributed by atoms with van der Waals surface area (Å²) in [6.45, 7) is 4.66. The first-order chi connectivity index (χ1) is 13.0. The van der Waals surface area contributed by atoms with Crippen molar-refractivity contribution < 1.29 is 18.4 Å². The number of aromatic nitrogens is 1. The molecule has 9 heteroatoms. The van der Waals surface area contributed by atoms with Crippen LogP contribution in [0.3, 0.4) is 0 Å². The number of benzene rings is 1. The molecule has 0 bridgehead atoms. The largest absolute Gasteiger partial charge is 0.349 e. The molecule has 3 rings (SSSR count). The summed E-state index contributed by atoms with van der Waals surface area (Å²) in [5, 5.41) is 7.12. The van der Waals surface area contributed by atoms with Crippen molar-refractivity contribution in [1.82, 2.24) is 15.2 Å². The number of nitrogens with one attached hydrogen (secondary N) is 2. The Labute approximate surface area is 159 Å². The second-order valence-corrected chi connectivity index (χ2v) is 7.11. The fourth-order valence-corrected chi connectivity index (χ4v) is 3.77. The van der Waals surface area contributed by atoms with Crippen molar-refractivity contribution >= 4 is 28.3 Å². The van der Waals surface area contributed by atoms with E-state index in [1.807, 2.05) is 0 Å². The molecule has 0 saturated carbocycles. The fraction of sp³-hybridized carbons (Fsp3) is 0.389. The quantitative estimate of drug-likeness (QED) is 0.790. The molecular weight excluding hydrogens is 374 g/mol. The summed E-state index contributed by atoms with van der Waals surface area (Å²) in [7, 11) is 0. The molecule has 2 N–H and O–H groups in total. The van der Waals surface area contributed by atoms with E-state index in [0.29, 0.717) is 12.6 Å². The Hall–Kier alpha value is -2.39. The van der Waals surface area contributed by atoms with Gasteiger partial charge in [0.25, 0.3) is 11.8 Å². The summed E-state index contributed by atoms with van der Waals surface area (Å²) < 4.78 is 26.2. The minimum absolute atomic E-state index is 0.0315. The third kappa shape index (κ3) is 4.67. The first-order valence-electron chi connectivity index (χ1n) is 8.72. The van der Waals surface area contributed by atoms with Crippen molar-refractivity contribution in [1.29, 1.82) is 0 Å². The summed E-state index contributed by atoms with van der Waals surface area (Å²) in [6, 6.07) is 3.21. The highest BCUT2D eigenvalue weighted by atomic mass is 32.1. The second kappa shape index (κ2) is 8.53. The Bertz CT molecular complexity index is 843. The van der Waals surface area contributed by atoms with E-state index in [9.17, 15) is 18.4 Å². The van der Waals surface area contributed by atoms with Gasteiger partial charge in [-0.3, -0.25) is 19.8 Å². The van der Waals surface area contributed by atoms with Crippen LogP contribution in [0.5, 0.6) is 0 Å². The van der Waals surface area contributed by atoms with E-state index in [2.05, 4.69) is 27.4 Å². The lowest BCUT2D eigenvalue weighted by Gasteiger charge is -2.22. The van der Waals surface area contributed by atoms with Gasteiger partial charge >= 0.3 is 0 Å². The maximum absolute atomic E-state index is 13.2. The molecule has 1 aromatic carbocycles. The van der Waals surface area contributed by atoms with Gasteiger partial charge in [-0.05, 0) is 44.1 Å². The van der Waals surface area contributed by atoms with Gasteiger partial charge in [-0.2, -0.15) is 0 Å². The van der Waals surface area contributed by atoms with Gasteiger partial charge in [-0.15, -0.1) is 11.3 Å². The Morgan fingerprint density at radius 3 is 2.85 bits per heavy atom. The monoisotopic (exact) mass is 394 g/mol. The van der Waals surface area contributed by atoms with E-state index in [-0.39, 0.29) is 22.3 Å². The van der Waals surface area contributed by atoms with Gasteiger partial charge in [0, 0.05) is 23.5 Å². The van der Waals surface area contributed by atoms with Crippen LogP contribution >= 0.6 is 11.3 Å². The summed E-state index contributed by atoms with van der Waals surface area (Å²) >= 11 is 1.09. The molecule has 2 heterocycles. The van der Waals surface area contributed by atoms with Crippen molar-refractivity contribution in [3.63, 3.8) is 0 Å². The van der Waals surface area contributed by atoms with Crippen molar-refractivity contribution in [2.24, 2.45) is 0 Å². The highest BCUT2D eigenvalue weighted by molar-refractivity contribution is 7.14. The van der Waals surface area contributed by atoms with Crippen LogP contribution in [-0.2, 0) is 0 Å². The van der Waals surface area contributed by atoms with Gasteiger partial charge < -0.3 is 5.32 Å². The minimum Gasteiger partial charge on any atom is -0.349 e. The predicted octanol–water partition coefficient (Wildman–Crippen LogP) is 2.89. The predicted molar refractivity (Wildman–Crippen MR) is 99.0 cm³/mol. The fourth-order valence-electron chi connectivity index (χ4n) is 3.09. The summed E-state index contributed by atoms with van der Waals surface area (Å²) in [5.41, 5.74) is 0.178. The lowest BCUT2D eigenvalue weighted by atomic mass is 10.2. The molecule has 1 aliphatic heterocycles. The molecule has 2 amide bonds. The number of likely N-dealkylation sites (tertiary alicyclic amines) is 1. The molecule has 2 aromatic rings. The number of amides is 2. The molecule has 1 unspecified atom stereocenters. The van der Waals surface area contributed by atoms with Crippen LogP contribution in [0.25, 0.3) is 0 Å². The van der Waals surface area contributed by atoms with Crippen molar-refractivity contribution in [3.05, 3.63) is 46.5 Å². The standard InChI is InChI=1S/C18H20F2N4O2S/c1-2-24-7-3-4-12(24)9-21-17(26)15-10-27-18(22-15)23-16(25)11-5-6-13(19)14(20)8-11/h5-6,8,10,12H,2-4,7,9H2,1H3,(H,21,26)(H,22,23,25). The SMILES string of the molecule is CCN1CCCC1CNC(=O)c1csc(NC(=O)c2ccc(F)c(F)c2)n1. The Balaban J connectivity index is 1.56. The van der Waals surface area contributed by atoms with Crippen LogP contribution in [0.2, 0.25) is 0 Å². The lowest BCUT2D eigenvalue weighted by molar-refractivity contribution is 0.0936. The highest BCUT2D eigenvalue weighted by Crippen LogP contribution is 2.18. The van der Waals surface area contributed by atoms with Gasteiger partial charge in [0.2, 0.25) is 0 Å². The average Bonchev–Trinajstić information content (AvgIpc) is 3.31. The van der Waals surface area contributed by atoms with Gasteiger partial charge in [0.1, 0.15) is 5.69 Å². The van der Waals surface area contributed by atoms with E-state index in [1.54, 1.807) is 5.38 Å². The molecule has 1 saturated heterocycles. The van der Waals surface area contributed by atoms with Crippen LogP contribution in [0.1, 0.15) is 40.6 Å². The second-order valence-electron chi connectivity index (χ2n) is 6.26. The summed E-state index contributed by atoms with van der Waals surface area (Å²) in [4.78, 5) is 30.8. The number of hydrogen-bond donors (Lipinski definition) is 2. The first kappa shape index (κ1) is 19.4. The zero-order valence-corrected chi connectivity index (χ0v) is 15.6. The molecule has 1 fully saturated rings. The number of likely N-dealkylation sites (N-methyl/N-ethyl adjacent to an activating group) is 1. The summed E-state index contributed by atoms with van der Waals surface area (Å²) in [5.74, 6) is -3.05. The molecule has 1 aromatic heterocycles. The number of thiazole rings is 1. The van der Waals surface area contributed by atoms with Gasteiger partial charge in [-0.25, -0.2) is 13.8 Å². The highest BCUT2D eigenvalue weighted by Gasteiger charge is 2.23. The number of halogens is 2. The molecule has 1 atom stereocenters. The smallest absolute Gasteiger partial charge is 0.270 e. The van der Waals surface area contributed by atoms with E-state index < -0.39 is 17.5 Å². The third-order valence-electron chi connectivity index (χ3n) is 4.54. The molecule has 0 spiro atoms. The maximum Gasteiger partial charge on any atom is 0.270 e. The van der Waals surface area contributed by atoms with Crippen LogP contribution in [-0.4, -0.2) is 47.4 Å². The molecular formula is C18H20F2N4O2S. The number of nitrogens with zero attached hydrogens (tertiary/aromatic N) is 2. The van der Waals surface area contributed by atoms with Crippen LogP contribution < -0.4 is 10.6 Å². The molecule has 144 valence electrons. The zero-order valence-electron chi connectivity index (χ0n) is 14.8. The number of rotatable bonds is 6. The number of carbonyl (C=O) groups is 2. The van der Waals surface area contributed by atoms with Crippen molar-refractivity contribution in [2.75, 3.05) is 25.0 Å². The molecule has 6 nitrogen and oxygen atoms in total. The van der Waals surface area contributed by atoms with Crippen LogP contribution in [0.4, 0.5) is 13.9 Å².